The van der Waals surface area contributed by atoms with E-state index in [4.69, 9.17) is 31.2 Å². The molecule has 0 saturated carbocycles. The number of carboxylic acids is 2. The predicted octanol–water partition coefficient (Wildman–Crippen LogP) is -11.1. The third-order valence-electron chi connectivity index (χ3n) is 5.75. The number of carboxylic acid groups (broad SMARTS) is 2. The minimum absolute atomic E-state index is 0. The third-order valence-corrected chi connectivity index (χ3v) is 5.75. The molecule has 0 bridgehead atoms. The molecule has 212 valence electrons. The van der Waals surface area contributed by atoms with Crippen LogP contribution in [0, 0.1) is 0 Å². The minimum Gasteiger partial charge on any atom is -0.544 e. The van der Waals surface area contributed by atoms with E-state index in [0.717, 1.165) is 0 Å². The maximum Gasteiger partial charge on any atom is 2.00 e. The van der Waals surface area contributed by atoms with Gasteiger partial charge in [0.25, 0.3) is 0 Å². The van der Waals surface area contributed by atoms with Gasteiger partial charge in [-0.25, -0.2) is 0 Å². The summed E-state index contributed by atoms with van der Waals surface area (Å²) in [7, 11) is 0. The molecule has 0 spiro atoms. The second-order valence-corrected chi connectivity index (χ2v) is 8.49. The van der Waals surface area contributed by atoms with Crippen LogP contribution in [0.25, 0.3) is 0 Å². The molecule has 2 aliphatic rings. The van der Waals surface area contributed by atoms with E-state index in [2.05, 4.69) is 0 Å². The van der Waals surface area contributed by atoms with Crippen molar-refractivity contribution in [3.05, 3.63) is 0 Å². The van der Waals surface area contributed by atoms with Crippen molar-refractivity contribution < 1.29 is 80.3 Å². The average molecular weight is 573 g/mol. The number of rotatable bonds is 8. The molecule has 0 aliphatic carbocycles. The fourth-order valence-electron chi connectivity index (χ4n) is 3.49. The SMILES string of the molecule is N[C@H]1[C@H]([C@H](O)[C@H](O)CO)OC(O)(C(=O)[O-])C[C@@H]1O.N[C@H]1[C@H]([C@H](O)[C@H](O)CO)OC(O)(C(=O)[O-])C[C@@H]1O.[Ca+2]. The number of carbonyl (C=O) groups is 2. The molecule has 0 aromatic heterocycles. The van der Waals surface area contributed by atoms with Crippen LogP contribution in [-0.2, 0) is 19.1 Å². The molecule has 18 nitrogen and oxygen atoms in total. The summed E-state index contributed by atoms with van der Waals surface area (Å²) in [6.45, 7) is -1.65. The smallest absolute Gasteiger partial charge is 0.544 e. The number of aliphatic hydroxyl groups excluding tert-OH is 8. The van der Waals surface area contributed by atoms with Gasteiger partial charge in [0, 0.05) is 12.8 Å². The van der Waals surface area contributed by atoms with Crippen LogP contribution in [0.5, 0.6) is 0 Å². The number of ether oxygens (including phenoxy) is 2. The molecule has 12 atom stereocenters. The number of carbonyl (C=O) groups excluding carboxylic acids is 2. The molecule has 2 rings (SSSR count). The van der Waals surface area contributed by atoms with Crippen molar-refractivity contribution in [3.8, 4) is 0 Å². The van der Waals surface area contributed by atoms with E-state index in [1.165, 1.54) is 0 Å². The fourth-order valence-corrected chi connectivity index (χ4v) is 3.49. The Balaban J connectivity index is 0.000000682. The summed E-state index contributed by atoms with van der Waals surface area (Å²) in [4.78, 5) is 21.4. The van der Waals surface area contributed by atoms with Crippen molar-refractivity contribution >= 4 is 49.7 Å². The van der Waals surface area contributed by atoms with Crippen molar-refractivity contribution in [1.82, 2.24) is 0 Å². The van der Waals surface area contributed by atoms with E-state index >= 15 is 0 Å². The Kier molecular flexibility index (Phi) is 14.7. The van der Waals surface area contributed by atoms with Crippen LogP contribution in [0.15, 0.2) is 0 Å². The zero-order valence-electron chi connectivity index (χ0n) is 19.4. The molecule has 2 aliphatic heterocycles. The van der Waals surface area contributed by atoms with Crippen LogP contribution in [0.3, 0.4) is 0 Å². The molecule has 0 aromatic carbocycles. The van der Waals surface area contributed by atoms with Crippen molar-refractivity contribution in [1.29, 1.82) is 0 Å². The molecule has 0 aromatic rings. The van der Waals surface area contributed by atoms with Gasteiger partial charge in [-0.1, -0.05) is 0 Å². The van der Waals surface area contributed by atoms with E-state index in [1.807, 2.05) is 0 Å². The molecular formula is C18H32CaN2O16. The summed E-state index contributed by atoms with van der Waals surface area (Å²) in [5.74, 6) is -9.61. The maximum atomic E-state index is 10.7. The number of aliphatic hydroxyl groups is 10. The first-order chi connectivity index (χ1) is 16.5. The van der Waals surface area contributed by atoms with Crippen molar-refractivity contribution in [2.45, 2.75) is 85.3 Å². The van der Waals surface area contributed by atoms with E-state index < -0.39 is 110 Å². The van der Waals surface area contributed by atoms with Crippen molar-refractivity contribution in [2.24, 2.45) is 11.5 Å². The van der Waals surface area contributed by atoms with E-state index in [1.54, 1.807) is 0 Å². The van der Waals surface area contributed by atoms with Crippen LogP contribution >= 0.6 is 0 Å². The molecular weight excluding hydrogens is 540 g/mol. The van der Waals surface area contributed by atoms with Crippen molar-refractivity contribution in [2.75, 3.05) is 13.2 Å². The summed E-state index contributed by atoms with van der Waals surface area (Å²) in [6.07, 6.45) is -14.4. The maximum absolute atomic E-state index is 10.7. The first kappa shape index (κ1) is 36.6. The van der Waals surface area contributed by atoms with Gasteiger partial charge in [-0.15, -0.1) is 0 Å². The second-order valence-electron chi connectivity index (χ2n) is 8.49. The summed E-state index contributed by atoms with van der Waals surface area (Å²) < 4.78 is 9.38. The van der Waals surface area contributed by atoms with Gasteiger partial charge in [-0.05, 0) is 0 Å². The van der Waals surface area contributed by atoms with Gasteiger partial charge >= 0.3 is 37.7 Å². The zero-order valence-corrected chi connectivity index (χ0v) is 21.6. The largest absolute Gasteiger partial charge is 2.00 e. The van der Waals surface area contributed by atoms with Crippen molar-refractivity contribution in [3.63, 3.8) is 0 Å². The van der Waals surface area contributed by atoms with Crippen LogP contribution < -0.4 is 21.7 Å². The van der Waals surface area contributed by atoms with Gasteiger partial charge in [0.1, 0.15) is 48.6 Å². The Morgan fingerprint density at radius 2 is 1.05 bits per heavy atom. The first-order valence-corrected chi connectivity index (χ1v) is 10.5. The molecule has 2 unspecified atom stereocenters. The molecule has 14 N–H and O–H groups in total. The second kappa shape index (κ2) is 14.9. The fraction of sp³-hybridized carbons (Fsp3) is 0.889. The Morgan fingerprint density at radius 1 is 0.784 bits per heavy atom. The average Bonchev–Trinajstić information content (AvgIpc) is 2.81. The molecule has 2 saturated heterocycles. The van der Waals surface area contributed by atoms with Crippen LogP contribution in [0.1, 0.15) is 12.8 Å². The monoisotopic (exact) mass is 572 g/mol. The number of hydrogen-bond acceptors (Lipinski definition) is 18. The number of nitrogens with two attached hydrogens (primary N) is 2. The van der Waals surface area contributed by atoms with Gasteiger partial charge in [0.15, 0.2) is 0 Å². The van der Waals surface area contributed by atoms with Gasteiger partial charge in [-0.2, -0.15) is 0 Å². The molecule has 2 heterocycles. The Morgan fingerprint density at radius 3 is 1.27 bits per heavy atom. The summed E-state index contributed by atoms with van der Waals surface area (Å²) in [6, 6.07) is -2.47. The number of aliphatic carboxylic acids is 2. The van der Waals surface area contributed by atoms with Crippen LogP contribution in [0.2, 0.25) is 0 Å². The minimum atomic E-state index is -2.81. The molecule has 0 amide bonds. The quantitative estimate of drug-likeness (QED) is 0.120. The summed E-state index contributed by atoms with van der Waals surface area (Å²) in [5.41, 5.74) is 11.0. The summed E-state index contributed by atoms with van der Waals surface area (Å²) >= 11 is 0. The summed E-state index contributed by atoms with van der Waals surface area (Å²) in [5, 5.41) is 115. The van der Waals surface area contributed by atoms with Crippen LogP contribution in [-0.4, -0.2) is 186 Å². The van der Waals surface area contributed by atoms with Gasteiger partial charge in [-0.3, -0.25) is 0 Å². The Hall–Kier alpha value is -0.360. The van der Waals surface area contributed by atoms with E-state index in [9.17, 15) is 60.7 Å². The molecule has 0 radical (unpaired) electrons. The standard InChI is InChI=1S/2C9H17NO8.Ca/c2*10-5-3(12)1-9(17,8(15)16)18-7(5)6(14)4(13)2-11;/h2*3-7,11-14,17H,1-2,10H2,(H,15,16);/q;;+2/p-2/t2*3-,4+,5+,6+,7+,9?;/m00./s1. The predicted molar refractivity (Wildman–Crippen MR) is 111 cm³/mol. The van der Waals surface area contributed by atoms with Crippen LogP contribution in [0.4, 0.5) is 0 Å². The Bertz CT molecular complexity index is 693. The van der Waals surface area contributed by atoms with Gasteiger partial charge < -0.3 is 91.8 Å². The van der Waals surface area contributed by atoms with Gasteiger partial charge in [0.2, 0.25) is 11.6 Å². The van der Waals surface area contributed by atoms with E-state index in [-0.39, 0.29) is 37.7 Å². The molecule has 2 fully saturated rings. The number of hydrogen-bond donors (Lipinski definition) is 12. The third kappa shape index (κ3) is 8.82. The Labute approximate surface area is 239 Å². The molecule has 37 heavy (non-hydrogen) atoms. The van der Waals surface area contributed by atoms with Gasteiger partial charge in [0.05, 0.1) is 37.5 Å². The van der Waals surface area contributed by atoms with E-state index in [0.29, 0.717) is 0 Å². The first-order valence-electron chi connectivity index (χ1n) is 10.5. The molecule has 19 heteroatoms. The zero-order chi connectivity index (χ0) is 28.2. The normalized spacial score (nSPS) is 39.1. The topological polar surface area (TPSA) is 353 Å².